The zero-order valence-corrected chi connectivity index (χ0v) is 13.4. The van der Waals surface area contributed by atoms with E-state index < -0.39 is 26.6 Å². The van der Waals surface area contributed by atoms with Crippen LogP contribution in [0.5, 0.6) is 0 Å². The van der Waals surface area contributed by atoms with Crippen molar-refractivity contribution >= 4 is 27.3 Å². The number of rotatable bonds is 5. The number of amides is 1. The number of carbonyl (C=O) groups excluding carboxylic acids is 1. The molecule has 0 aliphatic carbocycles. The van der Waals surface area contributed by atoms with Gasteiger partial charge in [-0.2, -0.15) is 0 Å². The van der Waals surface area contributed by atoms with Crippen LogP contribution in [0.1, 0.15) is 28.1 Å². The van der Waals surface area contributed by atoms with E-state index in [0.29, 0.717) is 6.54 Å². The van der Waals surface area contributed by atoms with Crippen molar-refractivity contribution in [2.45, 2.75) is 17.7 Å². The number of carbonyl (C=O) groups is 1. The number of halogens is 1. The Morgan fingerprint density at radius 3 is 2.68 bits per heavy atom. The molecular weight excluding hydrogens is 327 g/mol. The molecule has 0 aliphatic heterocycles. The fourth-order valence-corrected chi connectivity index (χ4v) is 3.27. The van der Waals surface area contributed by atoms with Crippen molar-refractivity contribution < 1.29 is 17.6 Å². The third-order valence-corrected chi connectivity index (χ3v) is 5.15. The molecule has 1 aromatic carbocycles. The maximum Gasteiger partial charge on any atom is 0.251 e. The normalized spacial score (nSPS) is 12.9. The van der Waals surface area contributed by atoms with Gasteiger partial charge in [-0.15, -0.1) is 11.3 Å². The molecule has 0 unspecified atom stereocenters. The summed E-state index contributed by atoms with van der Waals surface area (Å²) in [5.74, 6) is -1.37. The Kier molecular flexibility index (Phi) is 4.94. The van der Waals surface area contributed by atoms with Crippen molar-refractivity contribution in [3.63, 3.8) is 0 Å². The minimum atomic E-state index is -4.14. The molecule has 0 bridgehead atoms. The van der Waals surface area contributed by atoms with Gasteiger partial charge < -0.3 is 5.32 Å². The van der Waals surface area contributed by atoms with E-state index in [-0.39, 0.29) is 11.5 Å². The van der Waals surface area contributed by atoms with Crippen LogP contribution in [-0.2, 0) is 10.0 Å². The van der Waals surface area contributed by atoms with Gasteiger partial charge in [0.2, 0.25) is 10.0 Å². The quantitative estimate of drug-likeness (QED) is 0.872. The van der Waals surface area contributed by atoms with Crippen LogP contribution in [0.15, 0.2) is 40.6 Å². The molecule has 0 spiro atoms. The Hall–Kier alpha value is -1.77. The van der Waals surface area contributed by atoms with Crippen molar-refractivity contribution in [1.82, 2.24) is 5.32 Å². The number of nitrogens with two attached hydrogens (primary N) is 1. The molecular formula is C14H15FN2O3S2. The van der Waals surface area contributed by atoms with Crippen LogP contribution in [0, 0.1) is 5.82 Å². The summed E-state index contributed by atoms with van der Waals surface area (Å²) >= 11 is 1.59. The highest BCUT2D eigenvalue weighted by Crippen LogP contribution is 2.20. The van der Waals surface area contributed by atoms with Crippen LogP contribution in [0.25, 0.3) is 0 Å². The van der Waals surface area contributed by atoms with Crippen molar-refractivity contribution in [2.75, 3.05) is 6.54 Å². The van der Waals surface area contributed by atoms with Crippen LogP contribution < -0.4 is 10.5 Å². The lowest BCUT2D eigenvalue weighted by molar-refractivity contribution is 0.0951. The molecule has 2 aromatic rings. The van der Waals surface area contributed by atoms with Crippen LogP contribution in [0.2, 0.25) is 0 Å². The van der Waals surface area contributed by atoms with Gasteiger partial charge in [0.05, 0.1) is 0 Å². The number of thiophene rings is 1. The minimum Gasteiger partial charge on any atom is -0.351 e. The van der Waals surface area contributed by atoms with E-state index >= 15 is 0 Å². The summed E-state index contributed by atoms with van der Waals surface area (Å²) in [5, 5.41) is 9.52. The standard InChI is InChI=1S/C14H15FN2O3S2/c1-9(12-3-2-6-21-12)8-17-14(18)10-4-5-13(11(15)7-10)22(16,19)20/h2-7,9H,8H2,1H3,(H,17,18)(H2,16,19,20)/t9-/m1/s1. The van der Waals surface area contributed by atoms with Gasteiger partial charge in [-0.05, 0) is 29.6 Å². The van der Waals surface area contributed by atoms with E-state index in [1.54, 1.807) is 11.3 Å². The van der Waals surface area contributed by atoms with Gasteiger partial charge in [0.1, 0.15) is 10.7 Å². The molecule has 2 rings (SSSR count). The number of hydrogen-bond acceptors (Lipinski definition) is 4. The molecule has 1 aromatic heterocycles. The molecule has 118 valence electrons. The highest BCUT2D eigenvalue weighted by Gasteiger charge is 2.17. The Labute approximate surface area is 132 Å². The summed E-state index contributed by atoms with van der Waals surface area (Å²) in [5.41, 5.74) is 0.0447. The maximum absolute atomic E-state index is 13.7. The Morgan fingerprint density at radius 1 is 1.41 bits per heavy atom. The van der Waals surface area contributed by atoms with Gasteiger partial charge in [0.15, 0.2) is 0 Å². The van der Waals surface area contributed by atoms with Gasteiger partial charge in [0, 0.05) is 22.9 Å². The molecule has 0 saturated heterocycles. The van der Waals surface area contributed by atoms with Crippen LogP contribution in [0.3, 0.4) is 0 Å². The molecule has 1 heterocycles. The lowest BCUT2D eigenvalue weighted by Crippen LogP contribution is -2.27. The van der Waals surface area contributed by atoms with Gasteiger partial charge in [0.25, 0.3) is 5.91 Å². The molecule has 0 aliphatic rings. The molecule has 1 atom stereocenters. The summed E-state index contributed by atoms with van der Waals surface area (Å²) in [4.78, 5) is 12.5. The summed E-state index contributed by atoms with van der Waals surface area (Å²) < 4.78 is 35.9. The third-order valence-electron chi connectivity index (χ3n) is 3.10. The second kappa shape index (κ2) is 6.55. The molecule has 0 radical (unpaired) electrons. The first kappa shape index (κ1) is 16.6. The van der Waals surface area contributed by atoms with Crippen molar-refractivity contribution in [3.05, 3.63) is 52.0 Å². The molecule has 0 saturated carbocycles. The summed E-state index contributed by atoms with van der Waals surface area (Å²) in [7, 11) is -4.14. The summed E-state index contributed by atoms with van der Waals surface area (Å²) in [6.45, 7) is 2.37. The van der Waals surface area contributed by atoms with Gasteiger partial charge >= 0.3 is 0 Å². The number of primary sulfonamides is 1. The zero-order chi connectivity index (χ0) is 16.3. The number of hydrogen-bond donors (Lipinski definition) is 2. The zero-order valence-electron chi connectivity index (χ0n) is 11.7. The van der Waals surface area contributed by atoms with E-state index in [0.717, 1.165) is 17.0 Å². The minimum absolute atomic E-state index is 0.0447. The Balaban J connectivity index is 2.06. The molecule has 8 heteroatoms. The Morgan fingerprint density at radius 2 is 2.14 bits per heavy atom. The van der Waals surface area contributed by atoms with E-state index in [1.165, 1.54) is 6.07 Å². The first-order valence-electron chi connectivity index (χ1n) is 6.43. The maximum atomic E-state index is 13.7. The second-order valence-corrected chi connectivity index (χ2v) is 7.33. The van der Waals surface area contributed by atoms with E-state index in [2.05, 4.69) is 5.32 Å². The highest BCUT2D eigenvalue weighted by molar-refractivity contribution is 7.89. The first-order chi connectivity index (χ1) is 10.3. The second-order valence-electron chi connectivity index (χ2n) is 4.82. The van der Waals surface area contributed by atoms with E-state index in [4.69, 9.17) is 5.14 Å². The van der Waals surface area contributed by atoms with Crippen molar-refractivity contribution in [1.29, 1.82) is 0 Å². The average molecular weight is 342 g/mol. The predicted octanol–water partition coefficient (Wildman–Crippen LogP) is 2.07. The van der Waals surface area contributed by atoms with Gasteiger partial charge in [-0.3, -0.25) is 4.79 Å². The fraction of sp³-hybridized carbons (Fsp3) is 0.214. The SMILES string of the molecule is C[C@H](CNC(=O)c1ccc(S(N)(=O)=O)c(F)c1)c1cccs1. The average Bonchev–Trinajstić information content (AvgIpc) is 2.97. The molecule has 0 fully saturated rings. The summed E-state index contributed by atoms with van der Waals surface area (Å²) in [6.07, 6.45) is 0. The van der Waals surface area contributed by atoms with E-state index in [9.17, 15) is 17.6 Å². The van der Waals surface area contributed by atoms with Gasteiger partial charge in [-0.25, -0.2) is 17.9 Å². The lowest BCUT2D eigenvalue weighted by Gasteiger charge is -2.11. The van der Waals surface area contributed by atoms with Crippen LogP contribution in [-0.4, -0.2) is 20.9 Å². The van der Waals surface area contributed by atoms with Crippen molar-refractivity contribution in [2.24, 2.45) is 5.14 Å². The Bertz CT molecular complexity index is 773. The highest BCUT2D eigenvalue weighted by atomic mass is 32.2. The number of benzene rings is 1. The number of sulfonamides is 1. The topological polar surface area (TPSA) is 89.3 Å². The predicted molar refractivity (Wildman–Crippen MR) is 82.8 cm³/mol. The lowest BCUT2D eigenvalue weighted by atomic mass is 10.1. The fourth-order valence-electron chi connectivity index (χ4n) is 1.89. The first-order valence-corrected chi connectivity index (χ1v) is 8.85. The van der Waals surface area contributed by atoms with E-state index in [1.807, 2.05) is 24.4 Å². The molecule has 3 N–H and O–H groups in total. The van der Waals surface area contributed by atoms with Crippen LogP contribution >= 0.6 is 11.3 Å². The van der Waals surface area contributed by atoms with Gasteiger partial charge in [-0.1, -0.05) is 13.0 Å². The van der Waals surface area contributed by atoms with Crippen molar-refractivity contribution in [3.8, 4) is 0 Å². The molecule has 5 nitrogen and oxygen atoms in total. The number of nitrogens with one attached hydrogen (secondary N) is 1. The molecule has 1 amide bonds. The third kappa shape index (κ3) is 3.90. The largest absolute Gasteiger partial charge is 0.351 e. The molecule has 22 heavy (non-hydrogen) atoms. The van der Waals surface area contributed by atoms with Crippen LogP contribution in [0.4, 0.5) is 4.39 Å². The smallest absolute Gasteiger partial charge is 0.251 e. The summed E-state index contributed by atoms with van der Waals surface area (Å²) in [6, 6.07) is 6.99. The monoisotopic (exact) mass is 342 g/mol.